The minimum absolute atomic E-state index is 0.0329. The molecule has 170 valence electrons. The van der Waals surface area contributed by atoms with Crippen molar-refractivity contribution in [2.45, 2.75) is 83.3 Å². The molecule has 2 aliphatic heterocycles. The molecule has 4 rings (SSSR count). The number of carbonyl (C=O) groups is 2. The molecular formula is C25H37N3O3. The summed E-state index contributed by atoms with van der Waals surface area (Å²) in [6.07, 6.45) is 8.74. The molecule has 6 nitrogen and oxygen atoms in total. The standard InChI is InChI=1S/C25H37N3O3/c1-18(2)31-23(29)10-13-25(21-6-4-3-5-7-21)17-27-24(30)28(25)22-9-8-19-11-14-26-15-12-20(19)16-22/h8-9,16,18,21,26H,3-7,10-15,17H2,1-2H3,(H,27,30). The van der Waals surface area contributed by atoms with Gasteiger partial charge in [0.05, 0.1) is 11.6 Å². The predicted molar refractivity (Wildman–Crippen MR) is 122 cm³/mol. The zero-order chi connectivity index (χ0) is 21.8. The van der Waals surface area contributed by atoms with E-state index in [0.29, 0.717) is 25.3 Å². The van der Waals surface area contributed by atoms with Crippen LogP contribution in [0, 0.1) is 5.92 Å². The molecule has 2 heterocycles. The first-order valence-electron chi connectivity index (χ1n) is 12.1. The average Bonchev–Trinajstić information content (AvgIpc) is 2.93. The number of esters is 1. The van der Waals surface area contributed by atoms with E-state index in [-0.39, 0.29) is 23.6 Å². The highest BCUT2D eigenvalue weighted by Crippen LogP contribution is 2.44. The number of rotatable bonds is 6. The lowest BCUT2D eigenvalue weighted by Crippen LogP contribution is -2.54. The van der Waals surface area contributed by atoms with E-state index in [0.717, 1.165) is 44.5 Å². The predicted octanol–water partition coefficient (Wildman–Crippen LogP) is 3.96. The minimum atomic E-state index is -0.370. The molecule has 31 heavy (non-hydrogen) atoms. The van der Waals surface area contributed by atoms with E-state index in [2.05, 4.69) is 28.8 Å². The van der Waals surface area contributed by atoms with Crippen molar-refractivity contribution in [3.63, 3.8) is 0 Å². The third kappa shape index (κ3) is 4.74. The first kappa shape index (κ1) is 22.1. The van der Waals surface area contributed by atoms with Gasteiger partial charge >= 0.3 is 12.0 Å². The third-order valence-corrected chi connectivity index (χ3v) is 7.28. The average molecular weight is 428 g/mol. The van der Waals surface area contributed by atoms with Crippen molar-refractivity contribution >= 4 is 17.7 Å². The number of nitrogens with one attached hydrogen (secondary N) is 2. The van der Waals surface area contributed by atoms with Gasteiger partial charge in [-0.2, -0.15) is 0 Å². The zero-order valence-electron chi connectivity index (χ0n) is 19.0. The molecule has 1 aliphatic carbocycles. The van der Waals surface area contributed by atoms with Gasteiger partial charge in [0.1, 0.15) is 0 Å². The molecule has 3 aliphatic rings. The van der Waals surface area contributed by atoms with Crippen molar-refractivity contribution in [2.24, 2.45) is 5.92 Å². The van der Waals surface area contributed by atoms with Crippen LogP contribution in [-0.4, -0.2) is 43.3 Å². The molecule has 6 heteroatoms. The lowest BCUT2D eigenvalue weighted by Gasteiger charge is -2.45. The van der Waals surface area contributed by atoms with E-state index in [1.807, 2.05) is 18.7 Å². The second-order valence-electron chi connectivity index (χ2n) is 9.67. The van der Waals surface area contributed by atoms with Crippen LogP contribution in [0.25, 0.3) is 0 Å². The Kier molecular flexibility index (Phi) is 6.85. The molecule has 1 aromatic rings. The Labute approximate surface area is 186 Å². The van der Waals surface area contributed by atoms with E-state index in [1.165, 1.54) is 30.4 Å². The lowest BCUT2D eigenvalue weighted by molar-refractivity contribution is -0.147. The van der Waals surface area contributed by atoms with Crippen molar-refractivity contribution in [3.8, 4) is 0 Å². The van der Waals surface area contributed by atoms with Gasteiger partial charge in [0.15, 0.2) is 0 Å². The van der Waals surface area contributed by atoms with Gasteiger partial charge < -0.3 is 15.4 Å². The molecule has 2 N–H and O–H groups in total. The summed E-state index contributed by atoms with van der Waals surface area (Å²) in [7, 11) is 0. The normalized spacial score (nSPS) is 24.6. The SMILES string of the molecule is CC(C)OC(=O)CCC1(C2CCCCC2)CNC(=O)N1c1ccc2c(c1)CCNCC2. The van der Waals surface area contributed by atoms with Crippen LogP contribution in [0.2, 0.25) is 0 Å². The summed E-state index contributed by atoms with van der Waals surface area (Å²) >= 11 is 0. The van der Waals surface area contributed by atoms with Gasteiger partial charge in [0.25, 0.3) is 0 Å². The van der Waals surface area contributed by atoms with Crippen LogP contribution in [0.3, 0.4) is 0 Å². The molecule has 1 saturated heterocycles. The summed E-state index contributed by atoms with van der Waals surface area (Å²) in [6.45, 7) is 6.33. The fourth-order valence-corrected chi connectivity index (χ4v) is 5.77. The van der Waals surface area contributed by atoms with Gasteiger partial charge in [-0.25, -0.2) is 4.79 Å². The summed E-state index contributed by atoms with van der Waals surface area (Å²) in [5.74, 6) is 0.227. The molecular weight excluding hydrogens is 390 g/mol. The number of benzene rings is 1. The Bertz CT molecular complexity index is 803. The summed E-state index contributed by atoms with van der Waals surface area (Å²) < 4.78 is 5.43. The van der Waals surface area contributed by atoms with E-state index >= 15 is 0 Å². The van der Waals surface area contributed by atoms with E-state index in [9.17, 15) is 9.59 Å². The van der Waals surface area contributed by atoms with Crippen LogP contribution in [-0.2, 0) is 22.4 Å². The molecule has 1 unspecified atom stereocenters. The van der Waals surface area contributed by atoms with Crippen molar-refractivity contribution in [3.05, 3.63) is 29.3 Å². The molecule has 0 bridgehead atoms. The first-order chi connectivity index (χ1) is 15.0. The summed E-state index contributed by atoms with van der Waals surface area (Å²) in [5.41, 5.74) is 3.31. The van der Waals surface area contributed by atoms with Crippen LogP contribution in [0.5, 0.6) is 0 Å². The van der Waals surface area contributed by atoms with Crippen LogP contribution in [0.4, 0.5) is 10.5 Å². The number of carbonyl (C=O) groups excluding carboxylic acids is 2. The van der Waals surface area contributed by atoms with Crippen molar-refractivity contribution in [2.75, 3.05) is 24.5 Å². The molecule has 0 radical (unpaired) electrons. The summed E-state index contributed by atoms with van der Waals surface area (Å²) in [4.78, 5) is 27.6. The molecule has 1 aromatic carbocycles. The smallest absolute Gasteiger partial charge is 0.322 e. The van der Waals surface area contributed by atoms with Crippen LogP contribution in [0.15, 0.2) is 18.2 Å². The highest BCUT2D eigenvalue weighted by molar-refractivity contribution is 5.96. The molecule has 2 fully saturated rings. The number of ether oxygens (including phenoxy) is 1. The van der Waals surface area contributed by atoms with Gasteiger partial charge in [-0.15, -0.1) is 0 Å². The van der Waals surface area contributed by atoms with E-state index in [4.69, 9.17) is 4.74 Å². The number of hydrogen-bond acceptors (Lipinski definition) is 4. The number of hydrogen-bond donors (Lipinski definition) is 2. The Morgan fingerprint density at radius 1 is 1.16 bits per heavy atom. The number of fused-ring (bicyclic) bond motifs is 1. The van der Waals surface area contributed by atoms with Crippen LogP contribution >= 0.6 is 0 Å². The monoisotopic (exact) mass is 427 g/mol. The number of nitrogens with zero attached hydrogens (tertiary/aromatic N) is 1. The zero-order valence-corrected chi connectivity index (χ0v) is 19.0. The maximum atomic E-state index is 13.2. The summed E-state index contributed by atoms with van der Waals surface area (Å²) in [5, 5.41) is 6.60. The molecule has 1 atom stereocenters. The van der Waals surface area contributed by atoms with E-state index < -0.39 is 0 Å². The molecule has 1 saturated carbocycles. The molecule has 2 amide bonds. The number of amides is 2. The Hall–Kier alpha value is -2.08. The maximum Gasteiger partial charge on any atom is 0.322 e. The van der Waals surface area contributed by atoms with Gasteiger partial charge in [0, 0.05) is 18.7 Å². The van der Waals surface area contributed by atoms with Crippen LogP contribution in [0.1, 0.15) is 69.9 Å². The van der Waals surface area contributed by atoms with Gasteiger partial charge in [-0.1, -0.05) is 25.3 Å². The van der Waals surface area contributed by atoms with Gasteiger partial charge in [-0.3, -0.25) is 9.69 Å². The van der Waals surface area contributed by atoms with Gasteiger partial charge in [0.2, 0.25) is 0 Å². The third-order valence-electron chi connectivity index (χ3n) is 7.28. The second kappa shape index (κ2) is 9.60. The quantitative estimate of drug-likeness (QED) is 0.675. The fourth-order valence-electron chi connectivity index (χ4n) is 5.77. The maximum absolute atomic E-state index is 13.2. The van der Waals surface area contributed by atoms with E-state index in [1.54, 1.807) is 0 Å². The Morgan fingerprint density at radius 2 is 1.90 bits per heavy atom. The highest BCUT2D eigenvalue weighted by atomic mass is 16.5. The van der Waals surface area contributed by atoms with Crippen molar-refractivity contribution in [1.29, 1.82) is 0 Å². The highest BCUT2D eigenvalue weighted by Gasteiger charge is 2.51. The second-order valence-corrected chi connectivity index (χ2v) is 9.67. The lowest BCUT2D eigenvalue weighted by atomic mass is 9.71. The Morgan fingerprint density at radius 3 is 2.65 bits per heavy atom. The Balaban J connectivity index is 1.66. The largest absolute Gasteiger partial charge is 0.463 e. The van der Waals surface area contributed by atoms with Gasteiger partial charge in [-0.05, 0) is 88.2 Å². The van der Waals surface area contributed by atoms with Crippen LogP contribution < -0.4 is 15.5 Å². The first-order valence-corrected chi connectivity index (χ1v) is 12.1. The minimum Gasteiger partial charge on any atom is -0.463 e. The molecule has 0 aromatic heterocycles. The molecule has 0 spiro atoms. The fraction of sp³-hybridized carbons (Fsp3) is 0.680. The topological polar surface area (TPSA) is 70.7 Å². The van der Waals surface area contributed by atoms with Crippen molar-refractivity contribution in [1.82, 2.24) is 10.6 Å². The number of anilines is 1. The number of urea groups is 1. The van der Waals surface area contributed by atoms with Crippen molar-refractivity contribution < 1.29 is 14.3 Å². The summed E-state index contributed by atoms with van der Waals surface area (Å²) in [6, 6.07) is 6.49.